The van der Waals surface area contributed by atoms with Gasteiger partial charge in [0, 0.05) is 18.8 Å². The molecule has 2 heterocycles. The van der Waals surface area contributed by atoms with Crippen LogP contribution in [0.25, 0.3) is 0 Å². The molecule has 0 bridgehead atoms. The molecule has 1 N–H and O–H groups in total. The zero-order valence-electron chi connectivity index (χ0n) is 8.25. The van der Waals surface area contributed by atoms with E-state index in [-0.39, 0.29) is 0 Å². The molecule has 1 unspecified atom stereocenters. The van der Waals surface area contributed by atoms with Gasteiger partial charge in [-0.25, -0.2) is 0 Å². The molecule has 0 amide bonds. The molecule has 1 aromatic heterocycles. The van der Waals surface area contributed by atoms with Gasteiger partial charge in [-0.3, -0.25) is 4.68 Å². The minimum absolute atomic E-state index is 0.758. The van der Waals surface area contributed by atoms with Crippen molar-refractivity contribution in [3.8, 4) is 0 Å². The first-order chi connectivity index (χ1) is 6.84. The molecule has 1 atom stereocenters. The lowest BCUT2D eigenvalue weighted by atomic mass is 10.1. The third kappa shape index (κ3) is 2.82. The summed E-state index contributed by atoms with van der Waals surface area (Å²) in [5.41, 5.74) is 0. The SMILES string of the molecule is Brc1cnn(CCCC2CCCN2)c1. The van der Waals surface area contributed by atoms with E-state index in [1.165, 1.54) is 32.2 Å². The number of aromatic nitrogens is 2. The van der Waals surface area contributed by atoms with Gasteiger partial charge >= 0.3 is 0 Å². The van der Waals surface area contributed by atoms with E-state index in [9.17, 15) is 0 Å². The third-order valence-electron chi connectivity index (χ3n) is 2.70. The highest BCUT2D eigenvalue weighted by atomic mass is 79.9. The van der Waals surface area contributed by atoms with Crippen LogP contribution in [-0.2, 0) is 6.54 Å². The molecular weight excluding hydrogens is 242 g/mol. The molecule has 1 aliphatic heterocycles. The molecule has 78 valence electrons. The van der Waals surface area contributed by atoms with Crippen molar-refractivity contribution < 1.29 is 0 Å². The number of aryl methyl sites for hydroxylation is 1. The maximum atomic E-state index is 4.23. The van der Waals surface area contributed by atoms with Gasteiger partial charge in [0.1, 0.15) is 0 Å². The zero-order valence-corrected chi connectivity index (χ0v) is 9.83. The molecule has 4 heteroatoms. The van der Waals surface area contributed by atoms with Crippen molar-refractivity contribution in [1.82, 2.24) is 15.1 Å². The molecule has 14 heavy (non-hydrogen) atoms. The Hall–Kier alpha value is -0.350. The monoisotopic (exact) mass is 257 g/mol. The van der Waals surface area contributed by atoms with Crippen LogP contribution in [0.4, 0.5) is 0 Å². The maximum Gasteiger partial charge on any atom is 0.0632 e. The summed E-state index contributed by atoms with van der Waals surface area (Å²) < 4.78 is 3.07. The Bertz CT molecular complexity index is 279. The van der Waals surface area contributed by atoms with Crippen LogP contribution < -0.4 is 5.32 Å². The highest BCUT2D eigenvalue weighted by Crippen LogP contribution is 2.12. The van der Waals surface area contributed by atoms with Gasteiger partial charge in [-0.15, -0.1) is 0 Å². The van der Waals surface area contributed by atoms with Crippen molar-refractivity contribution >= 4 is 15.9 Å². The Morgan fingerprint density at radius 2 is 2.57 bits per heavy atom. The lowest BCUT2D eigenvalue weighted by Crippen LogP contribution is -2.21. The fourth-order valence-electron chi connectivity index (χ4n) is 1.96. The molecular formula is C10H16BrN3. The van der Waals surface area contributed by atoms with Crippen LogP contribution in [0.2, 0.25) is 0 Å². The van der Waals surface area contributed by atoms with E-state index < -0.39 is 0 Å². The predicted octanol–water partition coefficient (Wildman–Crippen LogP) is 2.18. The van der Waals surface area contributed by atoms with Crippen LogP contribution in [0, 0.1) is 0 Å². The number of nitrogens with zero attached hydrogens (tertiary/aromatic N) is 2. The van der Waals surface area contributed by atoms with Crippen molar-refractivity contribution in [1.29, 1.82) is 0 Å². The first-order valence-electron chi connectivity index (χ1n) is 5.26. The fraction of sp³-hybridized carbons (Fsp3) is 0.700. The molecule has 3 nitrogen and oxygen atoms in total. The summed E-state index contributed by atoms with van der Waals surface area (Å²) in [6.45, 7) is 2.24. The van der Waals surface area contributed by atoms with E-state index in [4.69, 9.17) is 0 Å². The molecule has 0 spiro atoms. The summed E-state index contributed by atoms with van der Waals surface area (Å²) in [4.78, 5) is 0. The van der Waals surface area contributed by atoms with Gasteiger partial charge < -0.3 is 5.32 Å². The highest BCUT2D eigenvalue weighted by Gasteiger charge is 2.12. The van der Waals surface area contributed by atoms with Gasteiger partial charge in [0.25, 0.3) is 0 Å². The molecule has 0 radical (unpaired) electrons. The minimum Gasteiger partial charge on any atom is -0.314 e. The van der Waals surface area contributed by atoms with Crippen molar-refractivity contribution in [2.45, 2.75) is 38.3 Å². The van der Waals surface area contributed by atoms with Gasteiger partial charge in [0.05, 0.1) is 10.7 Å². The van der Waals surface area contributed by atoms with E-state index in [1.54, 1.807) is 0 Å². The van der Waals surface area contributed by atoms with Crippen LogP contribution in [0.3, 0.4) is 0 Å². The van der Waals surface area contributed by atoms with Gasteiger partial charge in [0.2, 0.25) is 0 Å². The molecule has 1 fully saturated rings. The summed E-state index contributed by atoms with van der Waals surface area (Å²) in [6, 6.07) is 0.758. The molecule has 0 aromatic carbocycles. The fourth-order valence-corrected chi connectivity index (χ4v) is 2.29. The van der Waals surface area contributed by atoms with E-state index >= 15 is 0 Å². The second kappa shape index (κ2) is 4.94. The average Bonchev–Trinajstić information content (AvgIpc) is 2.77. The smallest absolute Gasteiger partial charge is 0.0632 e. The number of hydrogen-bond acceptors (Lipinski definition) is 2. The lowest BCUT2D eigenvalue weighted by molar-refractivity contribution is 0.484. The van der Waals surface area contributed by atoms with Crippen LogP contribution in [0.15, 0.2) is 16.9 Å². The Balaban J connectivity index is 1.67. The van der Waals surface area contributed by atoms with Crippen LogP contribution in [-0.4, -0.2) is 22.4 Å². The molecule has 1 aliphatic rings. The zero-order chi connectivity index (χ0) is 9.80. The first kappa shape index (κ1) is 10.2. The quantitative estimate of drug-likeness (QED) is 0.897. The van der Waals surface area contributed by atoms with Crippen molar-refractivity contribution in [3.05, 3.63) is 16.9 Å². The summed E-state index contributed by atoms with van der Waals surface area (Å²) in [6.07, 6.45) is 9.06. The van der Waals surface area contributed by atoms with Gasteiger partial charge in [0.15, 0.2) is 0 Å². The van der Waals surface area contributed by atoms with E-state index in [0.717, 1.165) is 17.1 Å². The second-order valence-electron chi connectivity index (χ2n) is 3.86. The van der Waals surface area contributed by atoms with E-state index in [0.29, 0.717) is 0 Å². The molecule has 0 aliphatic carbocycles. The average molecular weight is 258 g/mol. The topological polar surface area (TPSA) is 29.9 Å². The van der Waals surface area contributed by atoms with Crippen molar-refractivity contribution in [2.24, 2.45) is 0 Å². The standard InChI is InChI=1S/C10H16BrN3/c11-9-7-13-14(8-9)6-2-4-10-3-1-5-12-10/h7-8,10,12H,1-6H2. The van der Waals surface area contributed by atoms with Gasteiger partial charge in [-0.05, 0) is 48.2 Å². The molecule has 0 saturated carbocycles. The number of halogens is 1. The second-order valence-corrected chi connectivity index (χ2v) is 4.77. The lowest BCUT2D eigenvalue weighted by Gasteiger charge is -2.09. The summed E-state index contributed by atoms with van der Waals surface area (Å²) in [5.74, 6) is 0. The van der Waals surface area contributed by atoms with E-state index in [2.05, 4.69) is 26.3 Å². The highest BCUT2D eigenvalue weighted by molar-refractivity contribution is 9.10. The Morgan fingerprint density at radius 3 is 3.21 bits per heavy atom. The van der Waals surface area contributed by atoms with Gasteiger partial charge in [-0.2, -0.15) is 5.10 Å². The number of rotatable bonds is 4. The van der Waals surface area contributed by atoms with Crippen LogP contribution in [0.5, 0.6) is 0 Å². The van der Waals surface area contributed by atoms with Crippen LogP contribution >= 0.6 is 15.9 Å². The molecule has 1 saturated heterocycles. The summed E-state index contributed by atoms with van der Waals surface area (Å²) in [7, 11) is 0. The predicted molar refractivity (Wildman–Crippen MR) is 60.2 cm³/mol. The normalized spacial score (nSPS) is 21.6. The Labute approximate surface area is 93.0 Å². The summed E-state index contributed by atoms with van der Waals surface area (Å²) >= 11 is 3.39. The molecule has 1 aromatic rings. The number of nitrogens with one attached hydrogen (secondary N) is 1. The minimum atomic E-state index is 0.758. The third-order valence-corrected chi connectivity index (χ3v) is 3.11. The summed E-state index contributed by atoms with van der Waals surface area (Å²) in [5, 5.41) is 7.74. The maximum absolute atomic E-state index is 4.23. The van der Waals surface area contributed by atoms with Crippen molar-refractivity contribution in [2.75, 3.05) is 6.54 Å². The Kier molecular flexibility index (Phi) is 3.59. The van der Waals surface area contributed by atoms with Gasteiger partial charge in [-0.1, -0.05) is 0 Å². The largest absolute Gasteiger partial charge is 0.314 e. The van der Waals surface area contributed by atoms with Crippen molar-refractivity contribution in [3.63, 3.8) is 0 Å². The van der Waals surface area contributed by atoms with Crippen LogP contribution in [0.1, 0.15) is 25.7 Å². The van der Waals surface area contributed by atoms with E-state index in [1.807, 2.05) is 17.1 Å². The Morgan fingerprint density at radius 1 is 1.64 bits per heavy atom. The molecule has 2 rings (SSSR count). The first-order valence-corrected chi connectivity index (χ1v) is 6.05. The number of hydrogen-bond donors (Lipinski definition) is 1.